The molecular weight excluding hydrogens is 234 g/mol. The summed E-state index contributed by atoms with van der Waals surface area (Å²) >= 11 is 0. The maximum atomic E-state index is 4.39. The summed E-state index contributed by atoms with van der Waals surface area (Å²) in [6, 6.07) is 14.7. The molecule has 1 N–H and O–H groups in total. The summed E-state index contributed by atoms with van der Waals surface area (Å²) < 4.78 is 0. The maximum Gasteiger partial charge on any atom is 0.125 e. The van der Waals surface area contributed by atoms with Crippen molar-refractivity contribution >= 4 is 5.82 Å². The Balaban J connectivity index is 1.89. The van der Waals surface area contributed by atoms with Crippen molar-refractivity contribution in [3.05, 3.63) is 59.8 Å². The Morgan fingerprint density at radius 1 is 1.00 bits per heavy atom. The lowest BCUT2D eigenvalue weighted by Gasteiger charge is -2.16. The number of hydrogen-bond acceptors (Lipinski definition) is 3. The van der Waals surface area contributed by atoms with Crippen LogP contribution < -0.4 is 5.32 Å². The molecule has 19 heavy (non-hydrogen) atoms. The third-order valence-electron chi connectivity index (χ3n) is 2.93. The average Bonchev–Trinajstić information content (AvgIpc) is 2.42. The van der Waals surface area contributed by atoms with Crippen LogP contribution in [0.1, 0.15) is 18.1 Å². The third-order valence-corrected chi connectivity index (χ3v) is 2.93. The first-order valence-electron chi connectivity index (χ1n) is 6.69. The van der Waals surface area contributed by atoms with Gasteiger partial charge in [0.05, 0.1) is 0 Å². The Hall–Kier alpha value is -1.87. The Morgan fingerprint density at radius 3 is 2.37 bits per heavy atom. The molecule has 2 aromatic rings. The van der Waals surface area contributed by atoms with Crippen LogP contribution in [-0.2, 0) is 13.1 Å². The van der Waals surface area contributed by atoms with Gasteiger partial charge in [0, 0.05) is 25.8 Å². The van der Waals surface area contributed by atoms with Crippen molar-refractivity contribution in [1.82, 2.24) is 9.88 Å². The molecule has 0 aliphatic rings. The summed E-state index contributed by atoms with van der Waals surface area (Å²) in [7, 11) is 2.13. The maximum absolute atomic E-state index is 4.39. The number of anilines is 1. The Kier molecular flexibility index (Phi) is 4.93. The van der Waals surface area contributed by atoms with Crippen molar-refractivity contribution in [1.29, 1.82) is 0 Å². The van der Waals surface area contributed by atoms with E-state index in [0.717, 1.165) is 25.5 Å². The quantitative estimate of drug-likeness (QED) is 0.859. The highest BCUT2D eigenvalue weighted by Gasteiger charge is 2.02. The zero-order chi connectivity index (χ0) is 13.5. The second-order valence-corrected chi connectivity index (χ2v) is 4.74. The van der Waals surface area contributed by atoms with Gasteiger partial charge in [-0.15, -0.1) is 0 Å². The van der Waals surface area contributed by atoms with E-state index in [0.29, 0.717) is 0 Å². The smallest absolute Gasteiger partial charge is 0.125 e. The summed E-state index contributed by atoms with van der Waals surface area (Å²) in [6.45, 7) is 4.84. The molecule has 1 aromatic carbocycles. The number of hydrogen-bond donors (Lipinski definition) is 1. The van der Waals surface area contributed by atoms with Crippen LogP contribution in [0.3, 0.4) is 0 Å². The first-order chi connectivity index (χ1) is 9.28. The molecule has 0 aliphatic carbocycles. The summed E-state index contributed by atoms with van der Waals surface area (Å²) in [5.74, 6) is 0.942. The van der Waals surface area contributed by atoms with E-state index in [1.165, 1.54) is 11.1 Å². The lowest BCUT2D eigenvalue weighted by molar-refractivity contribution is 0.319. The highest BCUT2D eigenvalue weighted by atomic mass is 15.1. The molecule has 3 nitrogen and oxygen atoms in total. The molecule has 0 aliphatic heterocycles. The van der Waals surface area contributed by atoms with Crippen molar-refractivity contribution in [3.8, 4) is 0 Å². The molecule has 0 spiro atoms. The van der Waals surface area contributed by atoms with Gasteiger partial charge in [0.1, 0.15) is 5.82 Å². The molecule has 0 unspecified atom stereocenters. The molecule has 2 rings (SSSR count). The molecule has 0 atom stereocenters. The first kappa shape index (κ1) is 13.6. The molecule has 0 saturated heterocycles. The monoisotopic (exact) mass is 255 g/mol. The Morgan fingerprint density at radius 2 is 1.74 bits per heavy atom. The molecule has 3 heteroatoms. The molecule has 0 saturated carbocycles. The number of nitrogens with zero attached hydrogens (tertiary/aromatic N) is 2. The van der Waals surface area contributed by atoms with Crippen LogP contribution in [0.15, 0.2) is 48.7 Å². The largest absolute Gasteiger partial charge is 0.370 e. The summed E-state index contributed by atoms with van der Waals surface area (Å²) in [5.41, 5.74) is 2.57. The zero-order valence-corrected chi connectivity index (χ0v) is 11.6. The van der Waals surface area contributed by atoms with E-state index in [-0.39, 0.29) is 0 Å². The highest BCUT2D eigenvalue weighted by Crippen LogP contribution is 2.09. The highest BCUT2D eigenvalue weighted by molar-refractivity contribution is 5.35. The summed E-state index contributed by atoms with van der Waals surface area (Å²) in [4.78, 5) is 6.68. The predicted molar refractivity (Wildman–Crippen MR) is 80.0 cm³/mol. The third kappa shape index (κ3) is 4.38. The molecular formula is C16H21N3. The zero-order valence-electron chi connectivity index (χ0n) is 11.6. The molecule has 100 valence electrons. The summed E-state index contributed by atoms with van der Waals surface area (Å²) in [6.07, 6.45) is 1.94. The Bertz CT molecular complexity index is 479. The molecule has 0 amide bonds. The first-order valence-corrected chi connectivity index (χ1v) is 6.69. The normalized spacial score (nSPS) is 10.7. The van der Waals surface area contributed by atoms with E-state index < -0.39 is 0 Å². The van der Waals surface area contributed by atoms with Gasteiger partial charge in [-0.25, -0.2) is 4.98 Å². The minimum Gasteiger partial charge on any atom is -0.370 e. The van der Waals surface area contributed by atoms with Gasteiger partial charge >= 0.3 is 0 Å². The van der Waals surface area contributed by atoms with Crippen molar-refractivity contribution in [2.24, 2.45) is 0 Å². The van der Waals surface area contributed by atoms with E-state index in [4.69, 9.17) is 0 Å². The van der Waals surface area contributed by atoms with Gasteiger partial charge in [-0.05, 0) is 31.2 Å². The minimum atomic E-state index is 0.903. The number of pyridine rings is 1. The summed E-state index contributed by atoms with van der Waals surface area (Å²) in [5, 5.41) is 3.20. The van der Waals surface area contributed by atoms with Gasteiger partial charge in [-0.3, -0.25) is 4.90 Å². The van der Waals surface area contributed by atoms with Crippen LogP contribution in [0.4, 0.5) is 5.82 Å². The van der Waals surface area contributed by atoms with Crippen LogP contribution in [0.2, 0.25) is 0 Å². The standard InChI is InChI=1S/C16H21N3/c1-3-17-16-10-9-15(11-18-16)13-19(2)12-14-7-5-4-6-8-14/h4-11H,3,12-13H2,1-2H3,(H,17,18). The van der Waals surface area contributed by atoms with Gasteiger partial charge in [-0.1, -0.05) is 36.4 Å². The fraction of sp³-hybridized carbons (Fsp3) is 0.312. The van der Waals surface area contributed by atoms with Crippen LogP contribution >= 0.6 is 0 Å². The van der Waals surface area contributed by atoms with Gasteiger partial charge in [0.2, 0.25) is 0 Å². The van der Waals surface area contributed by atoms with Crippen LogP contribution in [0, 0.1) is 0 Å². The number of rotatable bonds is 6. The van der Waals surface area contributed by atoms with Gasteiger partial charge in [0.25, 0.3) is 0 Å². The van der Waals surface area contributed by atoms with Crippen LogP contribution in [0.5, 0.6) is 0 Å². The van der Waals surface area contributed by atoms with Crippen LogP contribution in [0.25, 0.3) is 0 Å². The van der Waals surface area contributed by atoms with Gasteiger partial charge < -0.3 is 5.32 Å². The van der Waals surface area contributed by atoms with Gasteiger partial charge in [-0.2, -0.15) is 0 Å². The van der Waals surface area contributed by atoms with E-state index in [1.807, 2.05) is 18.3 Å². The second kappa shape index (κ2) is 6.90. The molecule has 0 bridgehead atoms. The van der Waals surface area contributed by atoms with E-state index in [9.17, 15) is 0 Å². The second-order valence-electron chi connectivity index (χ2n) is 4.74. The fourth-order valence-electron chi connectivity index (χ4n) is 2.07. The average molecular weight is 255 g/mol. The lowest BCUT2D eigenvalue weighted by Crippen LogP contribution is -2.17. The van der Waals surface area contributed by atoms with Gasteiger partial charge in [0.15, 0.2) is 0 Å². The fourth-order valence-corrected chi connectivity index (χ4v) is 2.07. The SMILES string of the molecule is CCNc1ccc(CN(C)Cc2ccccc2)cn1. The minimum absolute atomic E-state index is 0.903. The van der Waals surface area contributed by atoms with Crippen molar-refractivity contribution in [3.63, 3.8) is 0 Å². The number of aromatic nitrogens is 1. The number of benzene rings is 1. The van der Waals surface area contributed by atoms with Crippen molar-refractivity contribution in [2.45, 2.75) is 20.0 Å². The molecule has 1 aromatic heterocycles. The van der Waals surface area contributed by atoms with E-state index >= 15 is 0 Å². The van der Waals surface area contributed by atoms with E-state index in [2.05, 4.69) is 59.5 Å². The molecule has 0 fully saturated rings. The molecule has 0 radical (unpaired) electrons. The van der Waals surface area contributed by atoms with E-state index in [1.54, 1.807) is 0 Å². The lowest BCUT2D eigenvalue weighted by atomic mass is 10.2. The van der Waals surface area contributed by atoms with Crippen molar-refractivity contribution < 1.29 is 0 Å². The number of nitrogens with one attached hydrogen (secondary N) is 1. The topological polar surface area (TPSA) is 28.2 Å². The predicted octanol–water partition coefficient (Wildman–Crippen LogP) is 3.15. The van der Waals surface area contributed by atoms with Crippen molar-refractivity contribution in [2.75, 3.05) is 18.9 Å². The molecule has 1 heterocycles. The van der Waals surface area contributed by atoms with Crippen LogP contribution in [-0.4, -0.2) is 23.5 Å². The Labute approximate surface area is 115 Å².